The first-order valence-electron chi connectivity index (χ1n) is 3.88. The fourth-order valence-corrected chi connectivity index (χ4v) is 1.96. The van der Waals surface area contributed by atoms with Gasteiger partial charge in [0, 0.05) is 11.7 Å². The van der Waals surface area contributed by atoms with Crippen LogP contribution >= 0.6 is 0 Å². The molecule has 4 nitrogen and oxygen atoms in total. The molecule has 1 heterocycles. The molecule has 13 heavy (non-hydrogen) atoms. The van der Waals surface area contributed by atoms with Crippen LogP contribution in [0.3, 0.4) is 0 Å². The van der Waals surface area contributed by atoms with E-state index in [9.17, 15) is 8.42 Å². The van der Waals surface area contributed by atoms with Gasteiger partial charge in [-0.15, -0.1) is 0 Å². The summed E-state index contributed by atoms with van der Waals surface area (Å²) in [6, 6.07) is 2.97. The van der Waals surface area contributed by atoms with Crippen LogP contribution in [0.25, 0.3) is 0 Å². The summed E-state index contributed by atoms with van der Waals surface area (Å²) in [5.41, 5.74) is -0.353. The van der Waals surface area contributed by atoms with Crippen molar-refractivity contribution in [2.75, 3.05) is 0 Å². The van der Waals surface area contributed by atoms with Crippen molar-refractivity contribution < 1.29 is 13.0 Å². The highest BCUT2D eigenvalue weighted by Gasteiger charge is 2.22. The van der Waals surface area contributed by atoms with Crippen molar-refractivity contribution in [3.05, 3.63) is 18.3 Å². The second kappa shape index (κ2) is 2.85. The van der Waals surface area contributed by atoms with E-state index in [-0.39, 0.29) is 10.6 Å². The van der Waals surface area contributed by atoms with Gasteiger partial charge in [-0.25, -0.2) is 0 Å². The molecule has 0 aliphatic heterocycles. The summed E-state index contributed by atoms with van der Waals surface area (Å²) in [6.07, 6.45) is 1.63. The third-order valence-corrected chi connectivity index (χ3v) is 2.56. The third-order valence-electron chi connectivity index (χ3n) is 1.70. The van der Waals surface area contributed by atoms with Crippen molar-refractivity contribution in [2.45, 2.75) is 31.3 Å². The van der Waals surface area contributed by atoms with Crippen LogP contribution in [0.2, 0.25) is 0 Å². The summed E-state index contributed by atoms with van der Waals surface area (Å²) >= 11 is 0. The maximum atomic E-state index is 10.9. The van der Waals surface area contributed by atoms with Crippen LogP contribution in [0.15, 0.2) is 23.4 Å². The molecule has 0 aromatic carbocycles. The van der Waals surface area contributed by atoms with Gasteiger partial charge in [0.1, 0.15) is 0 Å². The predicted molar refractivity (Wildman–Crippen MR) is 49.2 cm³/mol. The largest absolute Gasteiger partial charge is 0.332 e. The van der Waals surface area contributed by atoms with E-state index in [2.05, 4.69) is 0 Å². The third kappa shape index (κ3) is 2.10. The lowest BCUT2D eigenvalue weighted by atomic mass is 10.1. The maximum Gasteiger partial charge on any atom is 0.310 e. The molecule has 0 radical (unpaired) electrons. The minimum atomic E-state index is -4.11. The molecule has 1 N–H and O–H groups in total. The molecular weight excluding hydrogens is 190 g/mol. The van der Waals surface area contributed by atoms with Gasteiger partial charge in [-0.3, -0.25) is 4.55 Å². The summed E-state index contributed by atoms with van der Waals surface area (Å²) in [5.74, 6) is 0. The van der Waals surface area contributed by atoms with Gasteiger partial charge in [-0.05, 0) is 32.9 Å². The Kier molecular flexibility index (Phi) is 2.25. The SMILES string of the molecule is CC(C)(C)n1cccc1S(=O)(=O)O. The zero-order chi connectivity index (χ0) is 10.3. The topological polar surface area (TPSA) is 59.3 Å². The van der Waals surface area contributed by atoms with Crippen molar-refractivity contribution >= 4 is 10.1 Å². The van der Waals surface area contributed by atoms with Gasteiger partial charge in [0.15, 0.2) is 5.03 Å². The monoisotopic (exact) mass is 203 g/mol. The molecule has 0 aliphatic carbocycles. The van der Waals surface area contributed by atoms with Gasteiger partial charge in [0.25, 0.3) is 0 Å². The average Bonchev–Trinajstić information content (AvgIpc) is 2.27. The first-order valence-corrected chi connectivity index (χ1v) is 5.32. The van der Waals surface area contributed by atoms with Crippen LogP contribution in [0.5, 0.6) is 0 Å². The van der Waals surface area contributed by atoms with E-state index < -0.39 is 10.1 Å². The average molecular weight is 203 g/mol. The highest BCUT2D eigenvalue weighted by molar-refractivity contribution is 7.85. The standard InChI is InChI=1S/C8H13NO3S/c1-8(2,3)9-6-4-5-7(9)13(10,11)12/h4-6H,1-3H3,(H,10,11,12). The Balaban J connectivity index is 3.35. The van der Waals surface area contributed by atoms with Gasteiger partial charge in [0.05, 0.1) is 0 Å². The molecule has 0 saturated carbocycles. The zero-order valence-electron chi connectivity index (χ0n) is 7.85. The maximum absolute atomic E-state index is 10.9. The minimum Gasteiger partial charge on any atom is -0.332 e. The van der Waals surface area contributed by atoms with Crippen molar-refractivity contribution in [3.8, 4) is 0 Å². The van der Waals surface area contributed by atoms with E-state index in [4.69, 9.17) is 4.55 Å². The van der Waals surface area contributed by atoms with Gasteiger partial charge in [0.2, 0.25) is 0 Å². The Morgan fingerprint density at radius 3 is 2.23 bits per heavy atom. The zero-order valence-corrected chi connectivity index (χ0v) is 8.67. The molecule has 1 rings (SSSR count). The van der Waals surface area contributed by atoms with E-state index in [0.717, 1.165) is 0 Å². The second-order valence-corrected chi connectivity index (χ2v) is 5.23. The smallest absolute Gasteiger partial charge is 0.310 e. The second-order valence-electron chi connectivity index (χ2n) is 3.86. The Bertz CT molecular complexity index is 397. The number of hydrogen-bond acceptors (Lipinski definition) is 2. The molecule has 0 amide bonds. The highest BCUT2D eigenvalue weighted by Crippen LogP contribution is 2.20. The van der Waals surface area contributed by atoms with E-state index in [1.165, 1.54) is 10.6 Å². The molecule has 0 bridgehead atoms. The van der Waals surface area contributed by atoms with E-state index in [1.807, 2.05) is 20.8 Å². The van der Waals surface area contributed by atoms with Gasteiger partial charge in [-0.2, -0.15) is 8.42 Å². The molecule has 1 aromatic rings. The van der Waals surface area contributed by atoms with Gasteiger partial charge < -0.3 is 4.57 Å². The van der Waals surface area contributed by atoms with Crippen LogP contribution in [0, 0.1) is 0 Å². The first kappa shape index (κ1) is 10.3. The van der Waals surface area contributed by atoms with Crippen LogP contribution in [-0.4, -0.2) is 17.5 Å². The van der Waals surface area contributed by atoms with E-state index in [1.54, 1.807) is 12.3 Å². The van der Waals surface area contributed by atoms with Crippen molar-refractivity contribution in [2.24, 2.45) is 0 Å². The summed E-state index contributed by atoms with van der Waals surface area (Å²) in [4.78, 5) is 0. The van der Waals surface area contributed by atoms with E-state index >= 15 is 0 Å². The van der Waals surface area contributed by atoms with Crippen LogP contribution in [-0.2, 0) is 15.7 Å². The first-order chi connectivity index (χ1) is 5.73. The molecule has 74 valence electrons. The van der Waals surface area contributed by atoms with E-state index in [0.29, 0.717) is 0 Å². The van der Waals surface area contributed by atoms with Crippen LogP contribution < -0.4 is 0 Å². The molecule has 0 aliphatic rings. The fraction of sp³-hybridized carbons (Fsp3) is 0.500. The number of hydrogen-bond donors (Lipinski definition) is 1. The Morgan fingerprint density at radius 1 is 1.38 bits per heavy atom. The van der Waals surface area contributed by atoms with Crippen molar-refractivity contribution in [1.29, 1.82) is 0 Å². The predicted octanol–water partition coefficient (Wildman–Crippen LogP) is 1.49. The molecule has 0 spiro atoms. The van der Waals surface area contributed by atoms with Gasteiger partial charge in [-0.1, -0.05) is 0 Å². The van der Waals surface area contributed by atoms with Crippen molar-refractivity contribution in [1.82, 2.24) is 4.57 Å². The fourth-order valence-electron chi connectivity index (χ4n) is 1.13. The summed E-state index contributed by atoms with van der Waals surface area (Å²) in [6.45, 7) is 5.59. The molecule has 1 aromatic heterocycles. The molecule has 0 atom stereocenters. The summed E-state index contributed by atoms with van der Waals surface area (Å²) < 4.78 is 32.2. The molecular formula is C8H13NO3S. The quantitative estimate of drug-likeness (QED) is 0.703. The molecule has 5 heteroatoms. The number of aromatic nitrogens is 1. The molecule has 0 unspecified atom stereocenters. The van der Waals surface area contributed by atoms with Crippen molar-refractivity contribution in [3.63, 3.8) is 0 Å². The Labute approximate surface area is 77.9 Å². The Morgan fingerprint density at radius 2 is 1.92 bits per heavy atom. The lowest BCUT2D eigenvalue weighted by Gasteiger charge is -2.23. The summed E-state index contributed by atoms with van der Waals surface area (Å²) in [7, 11) is -4.11. The molecule has 0 saturated heterocycles. The Hall–Kier alpha value is -0.810. The lowest BCUT2D eigenvalue weighted by molar-refractivity contribution is 0.359. The minimum absolute atomic E-state index is 0.0694. The van der Waals surface area contributed by atoms with Crippen LogP contribution in [0.4, 0.5) is 0 Å². The number of rotatable bonds is 1. The highest BCUT2D eigenvalue weighted by atomic mass is 32.2. The number of nitrogens with zero attached hydrogens (tertiary/aromatic N) is 1. The summed E-state index contributed by atoms with van der Waals surface area (Å²) in [5, 5.41) is -0.0694. The molecule has 0 fully saturated rings. The lowest BCUT2D eigenvalue weighted by Crippen LogP contribution is -2.24. The van der Waals surface area contributed by atoms with Crippen LogP contribution in [0.1, 0.15) is 20.8 Å². The van der Waals surface area contributed by atoms with Gasteiger partial charge >= 0.3 is 10.1 Å². The normalized spacial score (nSPS) is 13.2.